The molecule has 3 heterocycles. The summed E-state index contributed by atoms with van der Waals surface area (Å²) in [4.78, 5) is 28.0. The van der Waals surface area contributed by atoms with Gasteiger partial charge in [0.1, 0.15) is 12.1 Å². The normalized spacial score (nSPS) is 17.6. The highest BCUT2D eigenvalue weighted by Crippen LogP contribution is 2.25. The largest absolute Gasteiger partial charge is 0.354 e. The highest BCUT2D eigenvalue weighted by atomic mass is 16.2. The minimum Gasteiger partial charge on any atom is -0.354 e. The Kier molecular flexibility index (Phi) is 5.32. The van der Waals surface area contributed by atoms with Gasteiger partial charge >= 0.3 is 0 Å². The molecule has 30 heavy (non-hydrogen) atoms. The van der Waals surface area contributed by atoms with Crippen molar-refractivity contribution in [3.8, 4) is 11.3 Å². The number of aromatic nitrogens is 2. The predicted octanol–water partition coefficient (Wildman–Crippen LogP) is 3.04. The van der Waals surface area contributed by atoms with Crippen LogP contribution in [-0.2, 0) is 4.79 Å². The molecule has 2 aliphatic rings. The van der Waals surface area contributed by atoms with Crippen LogP contribution >= 0.6 is 0 Å². The average Bonchev–Trinajstić information content (AvgIpc) is 3.35. The number of piperazine rings is 1. The molecule has 0 aliphatic carbocycles. The van der Waals surface area contributed by atoms with Crippen molar-refractivity contribution >= 4 is 22.5 Å². The molecule has 154 valence electrons. The molecule has 1 amide bonds. The Balaban J connectivity index is 1.25. The van der Waals surface area contributed by atoms with Crippen LogP contribution in [0.15, 0.2) is 54.9 Å². The van der Waals surface area contributed by atoms with Gasteiger partial charge in [0, 0.05) is 50.9 Å². The van der Waals surface area contributed by atoms with Gasteiger partial charge in [-0.2, -0.15) is 0 Å². The van der Waals surface area contributed by atoms with E-state index in [0.717, 1.165) is 69.2 Å². The van der Waals surface area contributed by atoms with Crippen molar-refractivity contribution in [2.24, 2.45) is 0 Å². The Hall–Kier alpha value is -2.99. The summed E-state index contributed by atoms with van der Waals surface area (Å²) in [5, 5.41) is 2.45. The number of rotatable bonds is 4. The van der Waals surface area contributed by atoms with Crippen molar-refractivity contribution in [1.82, 2.24) is 19.8 Å². The predicted molar refractivity (Wildman–Crippen MR) is 119 cm³/mol. The molecule has 6 nitrogen and oxygen atoms in total. The molecule has 0 saturated carbocycles. The smallest absolute Gasteiger partial charge is 0.236 e. The summed E-state index contributed by atoms with van der Waals surface area (Å²) < 4.78 is 0. The van der Waals surface area contributed by atoms with E-state index in [-0.39, 0.29) is 5.91 Å². The summed E-state index contributed by atoms with van der Waals surface area (Å²) in [6.45, 7) is 5.92. The molecular weight excluding hydrogens is 374 g/mol. The van der Waals surface area contributed by atoms with Crippen molar-refractivity contribution in [2.75, 3.05) is 50.7 Å². The number of likely N-dealkylation sites (tertiary alicyclic amines) is 1. The zero-order valence-corrected chi connectivity index (χ0v) is 17.2. The Morgan fingerprint density at radius 1 is 0.833 bits per heavy atom. The first-order valence-corrected chi connectivity index (χ1v) is 10.8. The van der Waals surface area contributed by atoms with Gasteiger partial charge in [-0.25, -0.2) is 9.97 Å². The van der Waals surface area contributed by atoms with E-state index in [4.69, 9.17) is 0 Å². The molecule has 2 aliphatic heterocycles. The highest BCUT2D eigenvalue weighted by Gasteiger charge is 2.24. The van der Waals surface area contributed by atoms with Gasteiger partial charge in [-0.1, -0.05) is 36.4 Å². The number of hydrogen-bond donors (Lipinski definition) is 0. The summed E-state index contributed by atoms with van der Waals surface area (Å²) >= 11 is 0. The molecular formula is C24H27N5O. The quantitative estimate of drug-likeness (QED) is 0.673. The molecule has 0 spiro atoms. The second-order valence-corrected chi connectivity index (χ2v) is 8.17. The van der Waals surface area contributed by atoms with Crippen molar-refractivity contribution in [1.29, 1.82) is 0 Å². The number of amides is 1. The third-order valence-electron chi connectivity index (χ3n) is 6.21. The van der Waals surface area contributed by atoms with E-state index in [0.29, 0.717) is 6.54 Å². The van der Waals surface area contributed by atoms with Gasteiger partial charge < -0.3 is 9.80 Å². The lowest BCUT2D eigenvalue weighted by Gasteiger charge is -2.35. The summed E-state index contributed by atoms with van der Waals surface area (Å²) in [6.07, 6.45) is 3.95. The molecule has 0 bridgehead atoms. The molecule has 3 aromatic rings. The second kappa shape index (κ2) is 8.40. The Morgan fingerprint density at radius 3 is 2.40 bits per heavy atom. The molecule has 6 heteroatoms. The van der Waals surface area contributed by atoms with Gasteiger partial charge in [-0.3, -0.25) is 9.69 Å². The lowest BCUT2D eigenvalue weighted by molar-refractivity contribution is -0.131. The van der Waals surface area contributed by atoms with Gasteiger partial charge in [0.05, 0.1) is 12.2 Å². The van der Waals surface area contributed by atoms with Crippen LogP contribution < -0.4 is 4.90 Å². The molecule has 2 aromatic carbocycles. The first-order valence-electron chi connectivity index (χ1n) is 10.8. The maximum absolute atomic E-state index is 12.4. The van der Waals surface area contributed by atoms with Crippen LogP contribution in [0, 0.1) is 0 Å². The summed E-state index contributed by atoms with van der Waals surface area (Å²) in [5.74, 6) is 1.24. The lowest BCUT2D eigenvalue weighted by Crippen LogP contribution is -2.50. The summed E-state index contributed by atoms with van der Waals surface area (Å²) in [6, 6.07) is 16.9. The van der Waals surface area contributed by atoms with Crippen LogP contribution in [-0.4, -0.2) is 71.5 Å². The van der Waals surface area contributed by atoms with E-state index in [1.807, 2.05) is 4.90 Å². The standard InChI is InChI=1S/C24H27N5O/c30-24(29-9-3-4-10-29)17-27-11-13-28(14-12-27)23-16-22(25-18-26-23)21-8-7-19-5-1-2-6-20(19)15-21/h1-2,5-8,15-16,18H,3-4,9-14,17H2. The number of carbonyl (C=O) groups is 1. The Bertz CT molecular complexity index is 1040. The van der Waals surface area contributed by atoms with E-state index >= 15 is 0 Å². The zero-order chi connectivity index (χ0) is 20.3. The molecule has 0 radical (unpaired) electrons. The number of benzene rings is 2. The van der Waals surface area contributed by atoms with E-state index in [2.05, 4.69) is 68.3 Å². The zero-order valence-electron chi connectivity index (χ0n) is 17.2. The van der Waals surface area contributed by atoms with E-state index in [9.17, 15) is 4.79 Å². The van der Waals surface area contributed by atoms with Crippen LogP contribution in [0.1, 0.15) is 12.8 Å². The fraction of sp³-hybridized carbons (Fsp3) is 0.375. The van der Waals surface area contributed by atoms with Crippen molar-refractivity contribution < 1.29 is 4.79 Å². The van der Waals surface area contributed by atoms with Gasteiger partial charge in [-0.15, -0.1) is 0 Å². The van der Waals surface area contributed by atoms with Crippen molar-refractivity contribution in [3.05, 3.63) is 54.9 Å². The first kappa shape index (κ1) is 19.0. The number of anilines is 1. The van der Waals surface area contributed by atoms with E-state index in [1.54, 1.807) is 6.33 Å². The van der Waals surface area contributed by atoms with Gasteiger partial charge in [0.2, 0.25) is 5.91 Å². The molecule has 5 rings (SSSR count). The molecule has 0 atom stereocenters. The van der Waals surface area contributed by atoms with Gasteiger partial charge in [0.25, 0.3) is 0 Å². The van der Waals surface area contributed by atoms with Crippen LogP contribution in [0.4, 0.5) is 5.82 Å². The highest BCUT2D eigenvalue weighted by molar-refractivity contribution is 5.87. The van der Waals surface area contributed by atoms with Gasteiger partial charge in [-0.05, 0) is 29.7 Å². The molecule has 0 N–H and O–H groups in total. The molecule has 2 fully saturated rings. The van der Waals surface area contributed by atoms with Crippen molar-refractivity contribution in [3.63, 3.8) is 0 Å². The third-order valence-corrected chi connectivity index (χ3v) is 6.21. The fourth-order valence-electron chi connectivity index (χ4n) is 4.42. The minimum absolute atomic E-state index is 0.279. The van der Waals surface area contributed by atoms with Crippen LogP contribution in [0.25, 0.3) is 22.0 Å². The molecule has 1 aromatic heterocycles. The summed E-state index contributed by atoms with van der Waals surface area (Å²) in [5.41, 5.74) is 2.05. The average molecular weight is 402 g/mol. The maximum Gasteiger partial charge on any atom is 0.236 e. The minimum atomic E-state index is 0.279. The van der Waals surface area contributed by atoms with E-state index in [1.165, 1.54) is 10.8 Å². The Labute approximate surface area is 177 Å². The number of fused-ring (bicyclic) bond motifs is 1. The van der Waals surface area contributed by atoms with Gasteiger partial charge in [0.15, 0.2) is 0 Å². The van der Waals surface area contributed by atoms with Crippen molar-refractivity contribution in [2.45, 2.75) is 12.8 Å². The van der Waals surface area contributed by atoms with Crippen LogP contribution in [0.2, 0.25) is 0 Å². The van der Waals surface area contributed by atoms with Crippen LogP contribution in [0.5, 0.6) is 0 Å². The molecule has 0 unspecified atom stereocenters. The first-order chi connectivity index (χ1) is 14.8. The maximum atomic E-state index is 12.4. The topological polar surface area (TPSA) is 52.6 Å². The monoisotopic (exact) mass is 401 g/mol. The number of nitrogens with zero attached hydrogens (tertiary/aromatic N) is 5. The lowest BCUT2D eigenvalue weighted by atomic mass is 10.0. The second-order valence-electron chi connectivity index (χ2n) is 8.17. The SMILES string of the molecule is O=C(CN1CCN(c2cc(-c3ccc4ccccc4c3)ncn2)CC1)N1CCCC1. The third kappa shape index (κ3) is 4.00. The number of carbonyl (C=O) groups excluding carboxylic acids is 1. The number of hydrogen-bond acceptors (Lipinski definition) is 5. The molecule has 2 saturated heterocycles. The fourth-order valence-corrected chi connectivity index (χ4v) is 4.42. The summed E-state index contributed by atoms with van der Waals surface area (Å²) in [7, 11) is 0. The Morgan fingerprint density at radius 2 is 1.60 bits per heavy atom. The van der Waals surface area contributed by atoms with Crippen LogP contribution in [0.3, 0.4) is 0 Å². The van der Waals surface area contributed by atoms with E-state index < -0.39 is 0 Å².